The van der Waals surface area contributed by atoms with E-state index in [0.29, 0.717) is 31.1 Å². The molecule has 138 valence electrons. The smallest absolute Gasteiger partial charge is 0.322 e. The Morgan fingerprint density at radius 3 is 2.60 bits per heavy atom. The number of carbonyl (C=O) groups excluding carboxylic acids is 1. The molecule has 0 spiro atoms. The minimum absolute atomic E-state index is 0.224. The van der Waals surface area contributed by atoms with Crippen molar-refractivity contribution in [2.75, 3.05) is 38.2 Å². The van der Waals surface area contributed by atoms with Crippen LogP contribution in [0.3, 0.4) is 0 Å². The van der Waals surface area contributed by atoms with Gasteiger partial charge in [-0.05, 0) is 30.9 Å². The molecule has 6 heteroatoms. The highest BCUT2D eigenvalue weighted by Gasteiger charge is 2.38. The van der Waals surface area contributed by atoms with Crippen LogP contribution < -0.4 is 5.32 Å². The molecule has 2 amide bonds. The molecule has 2 fully saturated rings. The molecule has 2 aliphatic rings. The van der Waals surface area contributed by atoms with Crippen molar-refractivity contribution >= 4 is 11.7 Å². The van der Waals surface area contributed by atoms with Crippen molar-refractivity contribution in [3.05, 3.63) is 30.1 Å². The van der Waals surface area contributed by atoms with Crippen molar-refractivity contribution in [1.29, 1.82) is 0 Å². The summed E-state index contributed by atoms with van der Waals surface area (Å²) in [7, 11) is 0. The zero-order valence-electron chi connectivity index (χ0n) is 15.1. The van der Waals surface area contributed by atoms with Gasteiger partial charge in [0.2, 0.25) is 0 Å². The second-order valence-electron chi connectivity index (χ2n) is 7.40. The van der Waals surface area contributed by atoms with Gasteiger partial charge in [0.05, 0.1) is 5.69 Å². The van der Waals surface area contributed by atoms with Gasteiger partial charge < -0.3 is 15.0 Å². The number of nitrogens with one attached hydrogen (secondary N) is 1. The van der Waals surface area contributed by atoms with E-state index in [1.54, 1.807) is 23.1 Å². The Morgan fingerprint density at radius 2 is 1.96 bits per heavy atom. The number of amides is 2. The molecule has 25 heavy (non-hydrogen) atoms. The number of urea groups is 1. The van der Waals surface area contributed by atoms with E-state index < -0.39 is 5.82 Å². The monoisotopic (exact) mass is 349 g/mol. The second kappa shape index (κ2) is 8.15. The van der Waals surface area contributed by atoms with Gasteiger partial charge in [-0.15, -0.1) is 0 Å². The molecule has 0 saturated carbocycles. The Bertz CT molecular complexity index is 584. The van der Waals surface area contributed by atoms with Gasteiger partial charge in [-0.1, -0.05) is 26.0 Å². The van der Waals surface area contributed by atoms with Gasteiger partial charge in [0.25, 0.3) is 0 Å². The maximum atomic E-state index is 13.7. The summed E-state index contributed by atoms with van der Waals surface area (Å²) >= 11 is 0. The number of carbonyl (C=O) groups is 1. The molecular formula is C19H28FN3O2. The first-order valence-electron chi connectivity index (χ1n) is 9.18. The van der Waals surface area contributed by atoms with Crippen LogP contribution in [0.5, 0.6) is 0 Å². The Hall–Kier alpha value is -1.66. The maximum Gasteiger partial charge on any atom is 0.322 e. The van der Waals surface area contributed by atoms with Gasteiger partial charge in [-0.3, -0.25) is 4.90 Å². The van der Waals surface area contributed by atoms with E-state index in [2.05, 4.69) is 24.1 Å². The SMILES string of the molecule is CC(C)CN(C1CCOCC1)C1CN(C(=O)Nc2ccccc2F)C1. The van der Waals surface area contributed by atoms with Crippen LogP contribution in [0.4, 0.5) is 14.9 Å². The Labute approximate surface area is 149 Å². The lowest BCUT2D eigenvalue weighted by Gasteiger charge is -2.49. The number of benzene rings is 1. The third-order valence-electron chi connectivity index (χ3n) is 4.97. The van der Waals surface area contributed by atoms with Crippen LogP contribution in [-0.2, 0) is 4.74 Å². The Morgan fingerprint density at radius 1 is 1.28 bits per heavy atom. The summed E-state index contributed by atoms with van der Waals surface area (Å²) in [5.41, 5.74) is 0.236. The molecule has 3 rings (SSSR count). The standard InChI is InChI=1S/C19H28FN3O2/c1-14(2)11-23(15-7-9-25-10-8-15)16-12-22(13-16)19(24)21-18-6-4-3-5-17(18)20/h3-6,14-16H,7-13H2,1-2H3,(H,21,24). The first kappa shape index (κ1) is 18.1. The zero-order chi connectivity index (χ0) is 17.8. The number of nitrogens with zero attached hydrogens (tertiary/aromatic N) is 2. The highest BCUT2D eigenvalue weighted by atomic mass is 19.1. The normalized spacial score (nSPS) is 19.3. The Kier molecular flexibility index (Phi) is 5.91. The number of halogens is 1. The van der Waals surface area contributed by atoms with E-state index in [0.717, 1.165) is 32.6 Å². The van der Waals surface area contributed by atoms with Crippen molar-refractivity contribution in [3.8, 4) is 0 Å². The molecule has 1 N–H and O–H groups in total. The number of likely N-dealkylation sites (tertiary alicyclic amines) is 1. The molecule has 0 unspecified atom stereocenters. The van der Waals surface area contributed by atoms with Gasteiger partial charge in [0.15, 0.2) is 0 Å². The minimum Gasteiger partial charge on any atom is -0.381 e. The third kappa shape index (κ3) is 4.50. The topological polar surface area (TPSA) is 44.8 Å². The first-order valence-corrected chi connectivity index (χ1v) is 9.18. The van der Waals surface area contributed by atoms with E-state index in [4.69, 9.17) is 4.74 Å². The van der Waals surface area contributed by atoms with Gasteiger partial charge in [-0.25, -0.2) is 9.18 Å². The Balaban J connectivity index is 1.55. The summed E-state index contributed by atoms with van der Waals surface area (Å²) in [5.74, 6) is 0.181. The average molecular weight is 349 g/mol. The zero-order valence-corrected chi connectivity index (χ0v) is 15.1. The minimum atomic E-state index is -0.406. The van der Waals surface area contributed by atoms with E-state index in [1.807, 2.05) is 0 Å². The molecule has 0 aromatic heterocycles. The van der Waals surface area contributed by atoms with Crippen LogP contribution >= 0.6 is 0 Å². The van der Waals surface area contributed by atoms with Crippen LogP contribution in [0, 0.1) is 11.7 Å². The number of rotatable bonds is 5. The summed E-state index contributed by atoms with van der Waals surface area (Å²) in [6, 6.07) is 6.96. The van der Waals surface area contributed by atoms with Crippen molar-refractivity contribution in [2.45, 2.75) is 38.8 Å². The molecule has 2 aliphatic heterocycles. The maximum absolute atomic E-state index is 13.7. The number of hydrogen-bond acceptors (Lipinski definition) is 3. The predicted octanol–water partition coefficient (Wildman–Crippen LogP) is 3.18. The second-order valence-corrected chi connectivity index (χ2v) is 7.40. The number of hydrogen-bond donors (Lipinski definition) is 1. The fourth-order valence-corrected chi connectivity index (χ4v) is 3.62. The van der Waals surface area contributed by atoms with E-state index in [1.165, 1.54) is 6.07 Å². The highest BCUT2D eigenvalue weighted by molar-refractivity contribution is 5.90. The van der Waals surface area contributed by atoms with E-state index in [-0.39, 0.29) is 11.7 Å². The first-order chi connectivity index (χ1) is 12.0. The largest absolute Gasteiger partial charge is 0.381 e. The molecule has 0 atom stereocenters. The van der Waals surface area contributed by atoms with Gasteiger partial charge in [0.1, 0.15) is 5.82 Å². The average Bonchev–Trinajstić information content (AvgIpc) is 2.55. The number of para-hydroxylation sites is 1. The summed E-state index contributed by atoms with van der Waals surface area (Å²) in [5, 5.41) is 2.67. The molecule has 2 heterocycles. The van der Waals surface area contributed by atoms with E-state index >= 15 is 0 Å². The van der Waals surface area contributed by atoms with E-state index in [9.17, 15) is 9.18 Å². The lowest BCUT2D eigenvalue weighted by molar-refractivity contribution is -0.0229. The quantitative estimate of drug-likeness (QED) is 0.888. The summed E-state index contributed by atoms with van der Waals surface area (Å²) in [6.45, 7) is 8.54. The van der Waals surface area contributed by atoms with Crippen molar-refractivity contribution in [2.24, 2.45) is 5.92 Å². The predicted molar refractivity (Wildman–Crippen MR) is 96.2 cm³/mol. The van der Waals surface area contributed by atoms with Crippen molar-refractivity contribution < 1.29 is 13.9 Å². The number of anilines is 1. The van der Waals surface area contributed by atoms with Crippen LogP contribution in [0.15, 0.2) is 24.3 Å². The van der Waals surface area contributed by atoms with Crippen LogP contribution in [0.25, 0.3) is 0 Å². The molecular weight excluding hydrogens is 321 g/mol. The third-order valence-corrected chi connectivity index (χ3v) is 4.97. The molecule has 2 saturated heterocycles. The van der Waals surface area contributed by atoms with Gasteiger partial charge in [-0.2, -0.15) is 0 Å². The highest BCUT2D eigenvalue weighted by Crippen LogP contribution is 2.25. The lowest BCUT2D eigenvalue weighted by atomic mass is 9.98. The van der Waals surface area contributed by atoms with Gasteiger partial charge in [0, 0.05) is 44.9 Å². The van der Waals surface area contributed by atoms with Gasteiger partial charge >= 0.3 is 6.03 Å². The molecule has 1 aromatic carbocycles. The molecule has 5 nitrogen and oxygen atoms in total. The van der Waals surface area contributed by atoms with Crippen LogP contribution in [0.1, 0.15) is 26.7 Å². The van der Waals surface area contributed by atoms with Crippen molar-refractivity contribution in [3.63, 3.8) is 0 Å². The summed E-state index contributed by atoms with van der Waals surface area (Å²) in [6.07, 6.45) is 2.12. The van der Waals surface area contributed by atoms with Crippen LogP contribution in [0.2, 0.25) is 0 Å². The molecule has 0 aliphatic carbocycles. The van der Waals surface area contributed by atoms with Crippen LogP contribution in [-0.4, -0.2) is 60.8 Å². The van der Waals surface area contributed by atoms with Crippen molar-refractivity contribution in [1.82, 2.24) is 9.80 Å². The fraction of sp³-hybridized carbons (Fsp3) is 0.632. The summed E-state index contributed by atoms with van der Waals surface area (Å²) in [4.78, 5) is 16.6. The molecule has 0 radical (unpaired) electrons. The summed E-state index contributed by atoms with van der Waals surface area (Å²) < 4.78 is 19.2. The molecule has 1 aromatic rings. The lowest BCUT2D eigenvalue weighted by Crippen LogP contribution is -2.64. The fourth-order valence-electron chi connectivity index (χ4n) is 3.62. The number of ether oxygens (including phenoxy) is 1. The molecule has 0 bridgehead atoms.